The lowest BCUT2D eigenvalue weighted by molar-refractivity contribution is 1.88. The SMILES string of the molecule is C=C(Cl)/C=C\C(=C)Cl. The minimum absolute atomic E-state index is 0.451. The summed E-state index contributed by atoms with van der Waals surface area (Å²) in [5, 5.41) is 0.901. The van der Waals surface area contributed by atoms with Crippen LogP contribution in [0.3, 0.4) is 0 Å². The number of allylic oxidation sites excluding steroid dienone is 4. The summed E-state index contributed by atoms with van der Waals surface area (Å²) in [6.45, 7) is 6.81. The van der Waals surface area contributed by atoms with Crippen molar-refractivity contribution >= 4 is 23.2 Å². The van der Waals surface area contributed by atoms with E-state index >= 15 is 0 Å². The number of hydrogen-bond donors (Lipinski definition) is 0. The Balaban J connectivity index is 3.67. The van der Waals surface area contributed by atoms with Crippen LogP contribution < -0.4 is 0 Å². The van der Waals surface area contributed by atoms with Crippen LogP contribution in [-0.4, -0.2) is 0 Å². The number of hydrogen-bond acceptors (Lipinski definition) is 0. The fraction of sp³-hybridized carbons (Fsp3) is 0. The van der Waals surface area contributed by atoms with Gasteiger partial charge in [-0.15, -0.1) is 0 Å². The average molecular weight is 149 g/mol. The molecule has 0 aromatic heterocycles. The normalized spacial score (nSPS) is 9.75. The second kappa shape index (κ2) is 3.76. The Hall–Kier alpha value is -0.200. The van der Waals surface area contributed by atoms with Crippen molar-refractivity contribution in [3.8, 4) is 0 Å². The standard InChI is InChI=1S/C6H6Cl2/c1-5(7)3-4-6(2)8/h3-4H,1-2H2/b4-3-. The third kappa shape index (κ3) is 5.80. The largest absolute Gasteiger partial charge is 0.0850 e. The van der Waals surface area contributed by atoms with Gasteiger partial charge in [0.05, 0.1) is 0 Å². The Kier molecular flexibility index (Phi) is 3.67. The molecule has 0 aliphatic carbocycles. The fourth-order valence-electron chi connectivity index (χ4n) is 0.181. The van der Waals surface area contributed by atoms with Crippen molar-refractivity contribution in [1.29, 1.82) is 0 Å². The molecule has 0 amide bonds. The van der Waals surface area contributed by atoms with Crippen LogP contribution in [0, 0.1) is 0 Å². The van der Waals surface area contributed by atoms with E-state index in [1.54, 1.807) is 12.2 Å². The molecule has 0 aliphatic rings. The van der Waals surface area contributed by atoms with Crippen LogP contribution in [-0.2, 0) is 0 Å². The fourth-order valence-corrected chi connectivity index (χ4v) is 0.307. The van der Waals surface area contributed by atoms with Gasteiger partial charge in [0.1, 0.15) is 0 Å². The monoisotopic (exact) mass is 148 g/mol. The van der Waals surface area contributed by atoms with Crippen LogP contribution in [0.2, 0.25) is 0 Å². The average Bonchev–Trinajstić information content (AvgIpc) is 1.61. The van der Waals surface area contributed by atoms with Gasteiger partial charge in [-0.05, 0) is 12.2 Å². The van der Waals surface area contributed by atoms with E-state index in [1.807, 2.05) is 0 Å². The molecule has 0 nitrogen and oxygen atoms in total. The zero-order chi connectivity index (χ0) is 6.57. The van der Waals surface area contributed by atoms with E-state index in [4.69, 9.17) is 23.2 Å². The van der Waals surface area contributed by atoms with E-state index in [-0.39, 0.29) is 0 Å². The molecule has 0 N–H and O–H groups in total. The summed E-state index contributed by atoms with van der Waals surface area (Å²) < 4.78 is 0. The predicted octanol–water partition coefficient (Wildman–Crippen LogP) is 3.05. The molecule has 0 heterocycles. The highest BCUT2D eigenvalue weighted by Crippen LogP contribution is 2.03. The Morgan fingerprint density at radius 3 is 1.38 bits per heavy atom. The molecular formula is C6H6Cl2. The van der Waals surface area contributed by atoms with Gasteiger partial charge in [0.15, 0.2) is 0 Å². The predicted molar refractivity (Wildman–Crippen MR) is 39.1 cm³/mol. The van der Waals surface area contributed by atoms with E-state index in [0.717, 1.165) is 0 Å². The molecule has 0 atom stereocenters. The van der Waals surface area contributed by atoms with Gasteiger partial charge in [-0.2, -0.15) is 0 Å². The van der Waals surface area contributed by atoms with Crippen molar-refractivity contribution in [3.05, 3.63) is 35.4 Å². The third-order valence-electron chi connectivity index (χ3n) is 0.445. The summed E-state index contributed by atoms with van der Waals surface area (Å²) in [4.78, 5) is 0. The highest BCUT2D eigenvalue weighted by atomic mass is 35.5. The molecule has 0 unspecified atom stereocenters. The molecule has 44 valence electrons. The first kappa shape index (κ1) is 7.80. The van der Waals surface area contributed by atoms with Crippen LogP contribution in [0.25, 0.3) is 0 Å². The van der Waals surface area contributed by atoms with Gasteiger partial charge in [0, 0.05) is 10.1 Å². The Labute approximate surface area is 59.1 Å². The maximum absolute atomic E-state index is 5.34. The quantitative estimate of drug-likeness (QED) is 0.529. The topological polar surface area (TPSA) is 0 Å². The molecule has 0 saturated carbocycles. The van der Waals surface area contributed by atoms with E-state index in [2.05, 4.69) is 13.2 Å². The minimum atomic E-state index is 0.451. The van der Waals surface area contributed by atoms with E-state index in [1.165, 1.54) is 0 Å². The first-order chi connectivity index (χ1) is 3.63. The summed E-state index contributed by atoms with van der Waals surface area (Å²) in [5.74, 6) is 0. The molecule has 0 spiro atoms. The van der Waals surface area contributed by atoms with E-state index in [9.17, 15) is 0 Å². The van der Waals surface area contributed by atoms with Crippen LogP contribution in [0.5, 0.6) is 0 Å². The lowest BCUT2D eigenvalue weighted by atomic mass is 10.5. The molecule has 0 radical (unpaired) electrons. The van der Waals surface area contributed by atoms with Gasteiger partial charge in [-0.3, -0.25) is 0 Å². The van der Waals surface area contributed by atoms with Crippen LogP contribution in [0.15, 0.2) is 35.4 Å². The van der Waals surface area contributed by atoms with Gasteiger partial charge in [0.25, 0.3) is 0 Å². The smallest absolute Gasteiger partial charge is 0.0334 e. The first-order valence-corrected chi connectivity index (χ1v) is 2.75. The molecule has 8 heavy (non-hydrogen) atoms. The van der Waals surface area contributed by atoms with Crippen LogP contribution >= 0.6 is 23.2 Å². The summed E-state index contributed by atoms with van der Waals surface area (Å²) in [5.41, 5.74) is 0. The van der Waals surface area contributed by atoms with Gasteiger partial charge in [-0.25, -0.2) is 0 Å². The van der Waals surface area contributed by atoms with Crippen molar-refractivity contribution in [1.82, 2.24) is 0 Å². The lowest BCUT2D eigenvalue weighted by Gasteiger charge is -1.80. The Morgan fingerprint density at radius 1 is 1.00 bits per heavy atom. The molecule has 0 saturated heterocycles. The molecule has 0 fully saturated rings. The summed E-state index contributed by atoms with van der Waals surface area (Å²) in [6, 6.07) is 0. The second-order valence-corrected chi connectivity index (χ2v) is 2.20. The van der Waals surface area contributed by atoms with E-state index in [0.29, 0.717) is 10.1 Å². The maximum atomic E-state index is 5.34. The van der Waals surface area contributed by atoms with Crippen molar-refractivity contribution in [2.24, 2.45) is 0 Å². The Bertz CT molecular complexity index is 117. The minimum Gasteiger partial charge on any atom is -0.0850 e. The van der Waals surface area contributed by atoms with Gasteiger partial charge < -0.3 is 0 Å². The zero-order valence-electron chi connectivity index (χ0n) is 4.32. The highest BCUT2D eigenvalue weighted by Gasteiger charge is 1.76. The zero-order valence-corrected chi connectivity index (χ0v) is 5.84. The number of halogens is 2. The molecule has 0 aliphatic heterocycles. The molecule has 2 heteroatoms. The molecule has 0 aromatic rings. The highest BCUT2D eigenvalue weighted by molar-refractivity contribution is 6.32. The van der Waals surface area contributed by atoms with Gasteiger partial charge >= 0.3 is 0 Å². The van der Waals surface area contributed by atoms with Crippen molar-refractivity contribution in [2.75, 3.05) is 0 Å². The van der Waals surface area contributed by atoms with Crippen molar-refractivity contribution in [3.63, 3.8) is 0 Å². The van der Waals surface area contributed by atoms with Gasteiger partial charge in [-0.1, -0.05) is 36.4 Å². The second-order valence-electron chi connectivity index (χ2n) is 1.23. The summed E-state index contributed by atoms with van der Waals surface area (Å²) in [6.07, 6.45) is 3.16. The maximum Gasteiger partial charge on any atom is 0.0334 e. The Morgan fingerprint density at radius 2 is 1.25 bits per heavy atom. The van der Waals surface area contributed by atoms with Crippen LogP contribution in [0.1, 0.15) is 0 Å². The van der Waals surface area contributed by atoms with E-state index < -0.39 is 0 Å². The number of rotatable bonds is 2. The van der Waals surface area contributed by atoms with Crippen LogP contribution in [0.4, 0.5) is 0 Å². The summed E-state index contributed by atoms with van der Waals surface area (Å²) in [7, 11) is 0. The molecule has 0 rings (SSSR count). The van der Waals surface area contributed by atoms with Crippen molar-refractivity contribution < 1.29 is 0 Å². The molecular weight excluding hydrogens is 143 g/mol. The van der Waals surface area contributed by atoms with Gasteiger partial charge in [0.2, 0.25) is 0 Å². The first-order valence-electron chi connectivity index (χ1n) is 2.00. The van der Waals surface area contributed by atoms with Crippen molar-refractivity contribution in [2.45, 2.75) is 0 Å². The summed E-state index contributed by atoms with van der Waals surface area (Å²) >= 11 is 10.7. The third-order valence-corrected chi connectivity index (χ3v) is 0.697. The lowest BCUT2D eigenvalue weighted by Crippen LogP contribution is -1.56. The molecule has 0 bridgehead atoms. The molecule has 0 aromatic carbocycles.